The molecule has 0 fully saturated rings. The first-order valence-corrected chi connectivity index (χ1v) is 3.64. The van der Waals surface area contributed by atoms with E-state index in [-0.39, 0.29) is 0 Å². The van der Waals surface area contributed by atoms with Crippen LogP contribution in [0.1, 0.15) is 20.8 Å². The number of allylic oxidation sites excluding steroid dienone is 5. The van der Waals surface area contributed by atoms with Crippen LogP contribution in [0.5, 0.6) is 0 Å². The van der Waals surface area contributed by atoms with Gasteiger partial charge in [0.15, 0.2) is 0 Å². The highest BCUT2D eigenvalue weighted by Crippen LogP contribution is 2.06. The van der Waals surface area contributed by atoms with E-state index in [0.29, 0.717) is 5.92 Å². The van der Waals surface area contributed by atoms with Gasteiger partial charge in [-0.3, -0.25) is 0 Å². The van der Waals surface area contributed by atoms with Crippen LogP contribution in [0.25, 0.3) is 0 Å². The molecule has 0 aliphatic heterocycles. The normalized spacial score (nSPS) is 13.0. The van der Waals surface area contributed by atoms with Crippen molar-refractivity contribution >= 4 is 0 Å². The van der Waals surface area contributed by atoms with Gasteiger partial charge in [-0.25, -0.2) is 0 Å². The van der Waals surface area contributed by atoms with Crippen LogP contribution >= 0.6 is 0 Å². The highest BCUT2D eigenvalue weighted by atomic mass is 14.0. The van der Waals surface area contributed by atoms with Gasteiger partial charge in [0.2, 0.25) is 0 Å². The quantitative estimate of drug-likeness (QED) is 0.522. The summed E-state index contributed by atoms with van der Waals surface area (Å²) in [5.41, 5.74) is 1.40. The Morgan fingerprint density at radius 3 is 2.30 bits per heavy atom. The van der Waals surface area contributed by atoms with Gasteiger partial charge < -0.3 is 0 Å². The molecule has 0 aliphatic rings. The van der Waals surface area contributed by atoms with Gasteiger partial charge in [-0.2, -0.15) is 0 Å². The van der Waals surface area contributed by atoms with E-state index in [4.69, 9.17) is 0 Å². The molecule has 10 heavy (non-hydrogen) atoms. The molecule has 0 aliphatic carbocycles. The van der Waals surface area contributed by atoms with Gasteiger partial charge in [0.05, 0.1) is 0 Å². The second kappa shape index (κ2) is 5.04. The molecule has 0 radical (unpaired) electrons. The van der Waals surface area contributed by atoms with Crippen molar-refractivity contribution in [3.8, 4) is 0 Å². The SMILES string of the molecule is C=CC=CC=C(C)C(C)C. The molecule has 0 aromatic rings. The lowest BCUT2D eigenvalue weighted by atomic mass is 10.1. The first-order chi connectivity index (χ1) is 4.68. The molecule has 0 spiro atoms. The molecule has 0 heterocycles. The highest BCUT2D eigenvalue weighted by molar-refractivity contribution is 5.15. The summed E-state index contributed by atoms with van der Waals surface area (Å²) < 4.78 is 0. The molecule has 0 atom stereocenters. The zero-order valence-corrected chi connectivity index (χ0v) is 7.09. The standard InChI is InChI=1S/C10H16/c1-5-6-7-8-10(4)9(2)3/h5-9H,1H2,2-4H3. The van der Waals surface area contributed by atoms with Crippen LogP contribution in [-0.2, 0) is 0 Å². The lowest BCUT2D eigenvalue weighted by Crippen LogP contribution is -1.86. The minimum absolute atomic E-state index is 0.648. The average Bonchev–Trinajstić information content (AvgIpc) is 1.88. The summed E-state index contributed by atoms with van der Waals surface area (Å²) >= 11 is 0. The predicted molar refractivity (Wildman–Crippen MR) is 47.9 cm³/mol. The van der Waals surface area contributed by atoms with Crippen LogP contribution in [0.4, 0.5) is 0 Å². The molecule has 0 aromatic heterocycles. The van der Waals surface area contributed by atoms with Crippen LogP contribution in [0.3, 0.4) is 0 Å². The van der Waals surface area contributed by atoms with Crippen molar-refractivity contribution in [2.24, 2.45) is 5.92 Å². The van der Waals surface area contributed by atoms with Crippen LogP contribution in [-0.4, -0.2) is 0 Å². The van der Waals surface area contributed by atoms with Crippen LogP contribution in [0.15, 0.2) is 36.5 Å². The van der Waals surface area contributed by atoms with Crippen LogP contribution in [0.2, 0.25) is 0 Å². The monoisotopic (exact) mass is 136 g/mol. The molecule has 0 N–H and O–H groups in total. The fourth-order valence-corrected chi connectivity index (χ4v) is 0.478. The highest BCUT2D eigenvalue weighted by Gasteiger charge is 1.91. The lowest BCUT2D eigenvalue weighted by molar-refractivity contribution is 0.769. The molecule has 0 saturated heterocycles. The molecule has 0 bridgehead atoms. The summed E-state index contributed by atoms with van der Waals surface area (Å²) in [5, 5.41) is 0. The van der Waals surface area contributed by atoms with E-state index in [1.165, 1.54) is 5.57 Å². The van der Waals surface area contributed by atoms with E-state index in [1.54, 1.807) is 6.08 Å². The van der Waals surface area contributed by atoms with Gasteiger partial charge in [-0.1, -0.05) is 50.3 Å². The first-order valence-electron chi connectivity index (χ1n) is 3.64. The van der Waals surface area contributed by atoms with Crippen LogP contribution < -0.4 is 0 Å². The van der Waals surface area contributed by atoms with E-state index >= 15 is 0 Å². The van der Waals surface area contributed by atoms with Crippen LogP contribution in [0, 0.1) is 5.92 Å². The molecule has 0 unspecified atom stereocenters. The van der Waals surface area contributed by atoms with Crippen molar-refractivity contribution in [2.45, 2.75) is 20.8 Å². The zero-order valence-electron chi connectivity index (χ0n) is 7.09. The Labute approximate surface area is 64.0 Å². The second-order valence-electron chi connectivity index (χ2n) is 2.69. The Bertz CT molecular complexity index is 147. The smallest absolute Gasteiger partial charge is 0.0260 e. The maximum absolute atomic E-state index is 3.59. The zero-order chi connectivity index (χ0) is 7.98. The van der Waals surface area contributed by atoms with Gasteiger partial charge >= 0.3 is 0 Å². The van der Waals surface area contributed by atoms with E-state index in [1.807, 2.05) is 12.2 Å². The summed E-state index contributed by atoms with van der Waals surface area (Å²) in [7, 11) is 0. The summed E-state index contributed by atoms with van der Waals surface area (Å²) in [4.78, 5) is 0. The topological polar surface area (TPSA) is 0 Å². The van der Waals surface area contributed by atoms with Crippen molar-refractivity contribution in [1.29, 1.82) is 0 Å². The maximum atomic E-state index is 3.59. The molecule has 0 rings (SSSR count). The summed E-state index contributed by atoms with van der Waals surface area (Å²) in [6, 6.07) is 0. The number of hydrogen-bond acceptors (Lipinski definition) is 0. The van der Waals surface area contributed by atoms with E-state index in [2.05, 4.69) is 33.4 Å². The molecule has 0 heteroatoms. The molecule has 0 amide bonds. The van der Waals surface area contributed by atoms with Gasteiger partial charge in [0.25, 0.3) is 0 Å². The van der Waals surface area contributed by atoms with Crippen molar-refractivity contribution in [3.63, 3.8) is 0 Å². The van der Waals surface area contributed by atoms with Crippen molar-refractivity contribution < 1.29 is 0 Å². The molecule has 0 nitrogen and oxygen atoms in total. The Hall–Kier alpha value is -0.780. The molecule has 0 saturated carbocycles. The minimum Gasteiger partial charge on any atom is -0.0991 e. The first kappa shape index (κ1) is 9.22. The van der Waals surface area contributed by atoms with E-state index in [0.717, 1.165) is 0 Å². The Morgan fingerprint density at radius 2 is 1.90 bits per heavy atom. The van der Waals surface area contributed by atoms with Crippen molar-refractivity contribution in [1.82, 2.24) is 0 Å². The summed E-state index contributed by atoms with van der Waals surface area (Å²) in [6.45, 7) is 10.1. The Morgan fingerprint density at radius 1 is 1.30 bits per heavy atom. The predicted octanol–water partition coefficient (Wildman–Crippen LogP) is 3.33. The van der Waals surface area contributed by atoms with Gasteiger partial charge in [-0.05, 0) is 12.8 Å². The number of hydrogen-bond donors (Lipinski definition) is 0. The lowest BCUT2D eigenvalue weighted by Gasteiger charge is -2.01. The molecular weight excluding hydrogens is 120 g/mol. The fraction of sp³-hybridized carbons (Fsp3) is 0.400. The second-order valence-corrected chi connectivity index (χ2v) is 2.69. The Kier molecular flexibility index (Phi) is 4.65. The molecular formula is C10H16. The third-order valence-electron chi connectivity index (χ3n) is 1.52. The molecule has 56 valence electrons. The minimum atomic E-state index is 0.648. The van der Waals surface area contributed by atoms with Crippen molar-refractivity contribution in [3.05, 3.63) is 36.5 Å². The maximum Gasteiger partial charge on any atom is -0.0260 e. The van der Waals surface area contributed by atoms with E-state index < -0.39 is 0 Å². The number of rotatable bonds is 3. The van der Waals surface area contributed by atoms with Gasteiger partial charge in [0.1, 0.15) is 0 Å². The largest absolute Gasteiger partial charge is 0.0991 e. The van der Waals surface area contributed by atoms with Gasteiger partial charge in [-0.15, -0.1) is 0 Å². The van der Waals surface area contributed by atoms with Crippen molar-refractivity contribution in [2.75, 3.05) is 0 Å². The summed E-state index contributed by atoms with van der Waals surface area (Å²) in [5.74, 6) is 0.648. The average molecular weight is 136 g/mol. The third-order valence-corrected chi connectivity index (χ3v) is 1.52. The fourth-order valence-electron chi connectivity index (χ4n) is 0.478. The molecule has 0 aromatic carbocycles. The van der Waals surface area contributed by atoms with Gasteiger partial charge in [0, 0.05) is 0 Å². The summed E-state index contributed by atoms with van der Waals surface area (Å²) in [6.07, 6.45) is 7.85. The third kappa shape index (κ3) is 4.13. The van der Waals surface area contributed by atoms with E-state index in [9.17, 15) is 0 Å². The Balaban J connectivity index is 3.91.